The summed E-state index contributed by atoms with van der Waals surface area (Å²) in [4.78, 5) is 25.4. The molecule has 0 aliphatic carbocycles. The van der Waals surface area contributed by atoms with E-state index in [1.165, 1.54) is 25.5 Å². The van der Waals surface area contributed by atoms with E-state index in [1.807, 2.05) is 0 Å². The Morgan fingerprint density at radius 1 is 1.22 bits per heavy atom. The standard InChI is InChI=1S/C18H14N4O5/c1-26-18(23)13-4-2-12(3-5-13)16-8-7-15(27-16)11-20-21-17-9-6-14(10-19-17)22(24)25/h2-11H,1H3,(H,19,21). The molecule has 0 aliphatic rings. The second kappa shape index (κ2) is 7.91. The maximum Gasteiger partial charge on any atom is 0.337 e. The van der Waals surface area contributed by atoms with Gasteiger partial charge in [0.2, 0.25) is 0 Å². The third kappa shape index (κ3) is 4.34. The summed E-state index contributed by atoms with van der Waals surface area (Å²) in [5.41, 5.74) is 3.81. The highest BCUT2D eigenvalue weighted by atomic mass is 16.6. The average Bonchev–Trinajstić information content (AvgIpc) is 3.17. The Morgan fingerprint density at radius 2 is 2.00 bits per heavy atom. The SMILES string of the molecule is COC(=O)c1ccc(-c2ccc(C=NNc3ccc([N+](=O)[O-])cn3)o2)cc1. The van der Waals surface area contributed by atoms with E-state index in [9.17, 15) is 14.9 Å². The number of rotatable bonds is 6. The molecule has 0 unspecified atom stereocenters. The van der Waals surface area contributed by atoms with Crippen molar-refractivity contribution in [2.24, 2.45) is 5.10 Å². The molecule has 27 heavy (non-hydrogen) atoms. The van der Waals surface area contributed by atoms with Gasteiger partial charge >= 0.3 is 5.97 Å². The number of aromatic nitrogens is 1. The number of carbonyl (C=O) groups is 1. The van der Waals surface area contributed by atoms with Crippen LogP contribution in [0.4, 0.5) is 11.5 Å². The number of furan rings is 1. The predicted molar refractivity (Wildman–Crippen MR) is 97.6 cm³/mol. The highest BCUT2D eigenvalue weighted by Crippen LogP contribution is 2.22. The van der Waals surface area contributed by atoms with Crippen LogP contribution in [-0.4, -0.2) is 29.2 Å². The van der Waals surface area contributed by atoms with Crippen LogP contribution in [0.15, 0.2) is 64.2 Å². The number of carbonyl (C=O) groups excluding carboxylic acids is 1. The van der Waals surface area contributed by atoms with Gasteiger partial charge in [-0.3, -0.25) is 15.5 Å². The van der Waals surface area contributed by atoms with Gasteiger partial charge in [0.05, 0.1) is 23.8 Å². The maximum atomic E-state index is 11.4. The van der Waals surface area contributed by atoms with E-state index in [0.717, 1.165) is 11.8 Å². The van der Waals surface area contributed by atoms with Crippen LogP contribution in [0.3, 0.4) is 0 Å². The van der Waals surface area contributed by atoms with Crippen molar-refractivity contribution in [2.45, 2.75) is 0 Å². The molecule has 2 aromatic heterocycles. The number of pyridine rings is 1. The molecule has 9 heteroatoms. The Hall–Kier alpha value is -4.01. The van der Waals surface area contributed by atoms with Crippen LogP contribution in [0.25, 0.3) is 11.3 Å². The number of methoxy groups -OCH3 is 1. The molecule has 0 saturated carbocycles. The van der Waals surface area contributed by atoms with Crippen molar-refractivity contribution in [1.29, 1.82) is 0 Å². The molecule has 2 heterocycles. The second-order valence-electron chi connectivity index (χ2n) is 5.30. The number of ether oxygens (including phenoxy) is 1. The lowest BCUT2D eigenvalue weighted by Gasteiger charge is -2.00. The molecule has 3 rings (SSSR count). The molecule has 0 fully saturated rings. The summed E-state index contributed by atoms with van der Waals surface area (Å²) in [7, 11) is 1.33. The van der Waals surface area contributed by atoms with Gasteiger partial charge in [-0.1, -0.05) is 12.1 Å². The van der Waals surface area contributed by atoms with Crippen LogP contribution < -0.4 is 5.43 Å². The van der Waals surface area contributed by atoms with E-state index < -0.39 is 10.9 Å². The first-order valence-corrected chi connectivity index (χ1v) is 7.75. The molecule has 9 nitrogen and oxygen atoms in total. The molecule has 0 amide bonds. The van der Waals surface area contributed by atoms with Crippen molar-refractivity contribution in [3.8, 4) is 11.3 Å². The second-order valence-corrected chi connectivity index (χ2v) is 5.30. The molecule has 1 N–H and O–H groups in total. The van der Waals surface area contributed by atoms with Gasteiger partial charge in [0.15, 0.2) is 0 Å². The number of nitrogens with one attached hydrogen (secondary N) is 1. The van der Waals surface area contributed by atoms with Gasteiger partial charge in [-0.25, -0.2) is 9.78 Å². The topological polar surface area (TPSA) is 120 Å². The number of nitro groups is 1. The van der Waals surface area contributed by atoms with Gasteiger partial charge in [0.25, 0.3) is 5.69 Å². The lowest BCUT2D eigenvalue weighted by molar-refractivity contribution is -0.385. The lowest BCUT2D eigenvalue weighted by Crippen LogP contribution is -2.00. The Morgan fingerprint density at radius 3 is 2.63 bits per heavy atom. The summed E-state index contributed by atoms with van der Waals surface area (Å²) in [6.45, 7) is 0. The first-order valence-electron chi connectivity index (χ1n) is 7.75. The van der Waals surface area contributed by atoms with Crippen molar-refractivity contribution in [3.63, 3.8) is 0 Å². The number of anilines is 1. The fraction of sp³-hybridized carbons (Fsp3) is 0.0556. The summed E-state index contributed by atoms with van der Waals surface area (Å²) in [6.07, 6.45) is 2.59. The third-order valence-corrected chi connectivity index (χ3v) is 3.55. The average molecular weight is 366 g/mol. The van der Waals surface area contributed by atoms with Crippen LogP contribution in [0.2, 0.25) is 0 Å². The normalized spacial score (nSPS) is 10.7. The Labute approximate surface area is 153 Å². The van der Waals surface area contributed by atoms with Crippen molar-refractivity contribution in [1.82, 2.24) is 4.98 Å². The highest BCUT2D eigenvalue weighted by molar-refractivity contribution is 5.89. The van der Waals surface area contributed by atoms with Gasteiger partial charge in [0, 0.05) is 11.6 Å². The molecular weight excluding hydrogens is 352 g/mol. The molecule has 3 aromatic rings. The van der Waals surface area contributed by atoms with Gasteiger partial charge in [-0.15, -0.1) is 0 Å². The largest absolute Gasteiger partial charge is 0.465 e. The molecule has 0 radical (unpaired) electrons. The monoisotopic (exact) mass is 366 g/mol. The Balaban J connectivity index is 1.64. The molecule has 0 atom stereocenters. The molecule has 0 saturated heterocycles. The van der Waals surface area contributed by atoms with Crippen LogP contribution >= 0.6 is 0 Å². The van der Waals surface area contributed by atoms with E-state index in [4.69, 9.17) is 4.42 Å². The smallest absolute Gasteiger partial charge is 0.337 e. The summed E-state index contributed by atoms with van der Waals surface area (Å²) >= 11 is 0. The first kappa shape index (κ1) is 17.8. The van der Waals surface area contributed by atoms with Gasteiger partial charge in [-0.05, 0) is 30.3 Å². The summed E-state index contributed by atoms with van der Waals surface area (Å²) in [5, 5.41) is 14.6. The number of hydrogen-bond acceptors (Lipinski definition) is 8. The van der Waals surface area contributed by atoms with Crippen molar-refractivity contribution < 1.29 is 18.9 Å². The van der Waals surface area contributed by atoms with E-state index in [1.54, 1.807) is 36.4 Å². The number of benzene rings is 1. The molecule has 0 aliphatic heterocycles. The first-order chi connectivity index (χ1) is 13.1. The van der Waals surface area contributed by atoms with E-state index in [2.05, 4.69) is 20.2 Å². The number of esters is 1. The van der Waals surface area contributed by atoms with Crippen molar-refractivity contribution in [2.75, 3.05) is 12.5 Å². The summed E-state index contributed by atoms with van der Waals surface area (Å²) in [5.74, 6) is 1.07. The van der Waals surface area contributed by atoms with E-state index in [-0.39, 0.29) is 5.69 Å². The quantitative estimate of drug-likeness (QED) is 0.307. The van der Waals surface area contributed by atoms with Crippen molar-refractivity contribution in [3.05, 3.63) is 76.2 Å². The fourth-order valence-corrected chi connectivity index (χ4v) is 2.19. The predicted octanol–water partition coefficient (Wildman–Crippen LogP) is 3.48. The fourth-order valence-electron chi connectivity index (χ4n) is 2.19. The van der Waals surface area contributed by atoms with Crippen LogP contribution in [-0.2, 0) is 4.74 Å². The Kier molecular flexibility index (Phi) is 5.22. The van der Waals surface area contributed by atoms with E-state index >= 15 is 0 Å². The van der Waals surface area contributed by atoms with Crippen molar-refractivity contribution >= 4 is 23.7 Å². The Bertz CT molecular complexity index is 978. The zero-order chi connectivity index (χ0) is 19.2. The number of hydrogen-bond donors (Lipinski definition) is 1. The minimum Gasteiger partial charge on any atom is -0.465 e. The zero-order valence-corrected chi connectivity index (χ0v) is 14.2. The maximum absolute atomic E-state index is 11.4. The lowest BCUT2D eigenvalue weighted by atomic mass is 10.1. The molecule has 1 aromatic carbocycles. The van der Waals surface area contributed by atoms with Gasteiger partial charge in [-0.2, -0.15) is 5.10 Å². The van der Waals surface area contributed by atoms with Gasteiger partial charge < -0.3 is 9.15 Å². The third-order valence-electron chi connectivity index (χ3n) is 3.55. The number of hydrazone groups is 1. The summed E-state index contributed by atoms with van der Waals surface area (Å²) in [6, 6.07) is 13.1. The molecular formula is C18H14N4O5. The zero-order valence-electron chi connectivity index (χ0n) is 14.2. The van der Waals surface area contributed by atoms with Gasteiger partial charge in [0.1, 0.15) is 23.5 Å². The van der Waals surface area contributed by atoms with E-state index in [0.29, 0.717) is 22.9 Å². The molecule has 0 bridgehead atoms. The van der Waals surface area contributed by atoms with Crippen LogP contribution in [0, 0.1) is 10.1 Å². The minimum atomic E-state index is -0.526. The number of nitrogens with zero attached hydrogens (tertiary/aromatic N) is 3. The highest BCUT2D eigenvalue weighted by Gasteiger charge is 2.08. The molecule has 0 spiro atoms. The summed E-state index contributed by atoms with van der Waals surface area (Å²) < 4.78 is 10.3. The minimum absolute atomic E-state index is 0.0987. The van der Waals surface area contributed by atoms with Crippen LogP contribution in [0.5, 0.6) is 0 Å². The molecule has 136 valence electrons. The van der Waals surface area contributed by atoms with Crippen LogP contribution in [0.1, 0.15) is 16.1 Å².